The second kappa shape index (κ2) is 5.72. The third kappa shape index (κ3) is 3.34. The fourth-order valence-corrected chi connectivity index (χ4v) is 2.02. The molecule has 0 unspecified atom stereocenters. The fourth-order valence-electron chi connectivity index (χ4n) is 0.926. The lowest BCUT2D eigenvalue weighted by molar-refractivity contribution is -0.241. The van der Waals surface area contributed by atoms with Crippen LogP contribution in [0.4, 0.5) is 22.0 Å². The average Bonchev–Trinajstić information content (AvgIpc) is 2.30. The van der Waals surface area contributed by atoms with Gasteiger partial charge in [0.05, 0.1) is 4.90 Å². The highest BCUT2D eigenvalue weighted by molar-refractivity contribution is 7.92. The van der Waals surface area contributed by atoms with Crippen molar-refractivity contribution in [2.24, 2.45) is 0 Å². The molecule has 0 aliphatic rings. The van der Waals surface area contributed by atoms with Gasteiger partial charge < -0.3 is 5.11 Å². The number of halogens is 5. The van der Waals surface area contributed by atoms with Crippen LogP contribution in [0, 0.1) is 0 Å². The van der Waals surface area contributed by atoms with Gasteiger partial charge in [-0.15, -0.1) is 0 Å². The lowest BCUT2D eigenvalue weighted by Crippen LogP contribution is -2.43. The van der Waals surface area contributed by atoms with Crippen molar-refractivity contribution in [1.29, 1.82) is 0 Å². The van der Waals surface area contributed by atoms with Crippen LogP contribution in [0.3, 0.4) is 0 Å². The average molecular weight is 306 g/mol. The van der Waals surface area contributed by atoms with Gasteiger partial charge in [-0.2, -0.15) is 22.0 Å². The molecule has 0 saturated heterocycles. The lowest BCUT2D eigenvalue weighted by Gasteiger charge is -2.19. The number of rotatable bonds is 2. The van der Waals surface area contributed by atoms with Crippen molar-refractivity contribution in [2.45, 2.75) is 30.2 Å². The first kappa shape index (κ1) is 17.6. The number of sulfone groups is 1. The Kier molecular flexibility index (Phi) is 5.31. The molecule has 1 N–H and O–H groups in total. The van der Waals surface area contributed by atoms with Crippen molar-refractivity contribution in [3.63, 3.8) is 0 Å². The van der Waals surface area contributed by atoms with Crippen molar-refractivity contribution in [3.8, 4) is 5.75 Å². The normalized spacial score (nSPS) is 12.6. The zero-order valence-corrected chi connectivity index (χ0v) is 10.7. The summed E-state index contributed by atoms with van der Waals surface area (Å²) in [6.45, 7) is 4.00. The minimum Gasteiger partial charge on any atom is -0.508 e. The Morgan fingerprint density at radius 2 is 1.32 bits per heavy atom. The monoisotopic (exact) mass is 306 g/mol. The van der Waals surface area contributed by atoms with Crippen molar-refractivity contribution >= 4 is 9.84 Å². The molecule has 0 heterocycles. The van der Waals surface area contributed by atoms with E-state index in [4.69, 9.17) is 5.11 Å². The molecule has 1 aromatic rings. The van der Waals surface area contributed by atoms with Crippen molar-refractivity contribution in [1.82, 2.24) is 0 Å². The van der Waals surface area contributed by atoms with E-state index >= 15 is 0 Å². The molecular weight excluding hydrogens is 295 g/mol. The van der Waals surface area contributed by atoms with E-state index < -0.39 is 31.9 Å². The number of aromatic hydroxyl groups is 1. The number of phenolic OH excluding ortho intramolecular Hbond substituents is 1. The van der Waals surface area contributed by atoms with Crippen LogP contribution in [-0.4, -0.2) is 25.0 Å². The van der Waals surface area contributed by atoms with E-state index in [1.807, 2.05) is 13.8 Å². The van der Waals surface area contributed by atoms with Crippen LogP contribution < -0.4 is 0 Å². The Balaban J connectivity index is 0.00000154. The maximum atomic E-state index is 12.7. The molecule has 0 saturated carbocycles. The van der Waals surface area contributed by atoms with Gasteiger partial charge in [0.1, 0.15) is 5.75 Å². The molecule has 0 radical (unpaired) electrons. The van der Waals surface area contributed by atoms with Gasteiger partial charge in [-0.1, -0.05) is 13.8 Å². The molecule has 19 heavy (non-hydrogen) atoms. The van der Waals surface area contributed by atoms with Crippen molar-refractivity contribution in [2.75, 3.05) is 0 Å². The molecule has 0 fully saturated rings. The smallest absolute Gasteiger partial charge is 0.469 e. The van der Waals surface area contributed by atoms with Crippen LogP contribution in [0.25, 0.3) is 0 Å². The summed E-state index contributed by atoms with van der Waals surface area (Å²) in [5, 5.41) is 2.90. The molecule has 0 amide bonds. The fraction of sp³-hybridized carbons (Fsp3) is 0.400. The first-order chi connectivity index (χ1) is 8.50. The summed E-state index contributed by atoms with van der Waals surface area (Å²) < 4.78 is 83.3. The second-order valence-electron chi connectivity index (χ2n) is 3.01. The Labute approximate surface area is 106 Å². The Morgan fingerprint density at radius 1 is 0.947 bits per heavy atom. The highest BCUT2D eigenvalue weighted by Gasteiger charge is 2.67. The first-order valence-corrected chi connectivity index (χ1v) is 6.46. The molecule has 110 valence electrons. The van der Waals surface area contributed by atoms with Crippen LogP contribution in [0.1, 0.15) is 13.8 Å². The minimum atomic E-state index is -6.20. The van der Waals surface area contributed by atoms with Crippen molar-refractivity contribution in [3.05, 3.63) is 24.3 Å². The van der Waals surface area contributed by atoms with Gasteiger partial charge in [-0.25, -0.2) is 8.42 Å². The number of phenols is 1. The summed E-state index contributed by atoms with van der Waals surface area (Å²) in [5.41, 5.74) is 0. The van der Waals surface area contributed by atoms with E-state index in [9.17, 15) is 30.4 Å². The summed E-state index contributed by atoms with van der Waals surface area (Å²) >= 11 is 0. The maximum absolute atomic E-state index is 12.7. The first-order valence-electron chi connectivity index (χ1n) is 4.98. The molecule has 0 aromatic heterocycles. The molecule has 0 atom stereocenters. The van der Waals surface area contributed by atoms with E-state index in [0.717, 1.165) is 0 Å². The van der Waals surface area contributed by atoms with Crippen molar-refractivity contribution < 1.29 is 35.5 Å². The van der Waals surface area contributed by atoms with Crippen LogP contribution >= 0.6 is 0 Å². The van der Waals surface area contributed by atoms with E-state index in [0.29, 0.717) is 24.3 Å². The third-order valence-electron chi connectivity index (χ3n) is 1.81. The number of hydrogen-bond acceptors (Lipinski definition) is 3. The van der Waals surface area contributed by atoms with Gasteiger partial charge in [0.2, 0.25) is 0 Å². The highest BCUT2D eigenvalue weighted by atomic mass is 32.2. The zero-order valence-electron chi connectivity index (χ0n) is 9.87. The lowest BCUT2D eigenvalue weighted by atomic mass is 10.3. The summed E-state index contributed by atoms with van der Waals surface area (Å²) in [6.07, 6.45) is -6.20. The largest absolute Gasteiger partial charge is 0.508 e. The molecular formula is C10H11F5O3S. The molecule has 1 aromatic carbocycles. The third-order valence-corrected chi connectivity index (χ3v) is 3.61. The van der Waals surface area contributed by atoms with Gasteiger partial charge in [0.25, 0.3) is 9.84 Å². The predicted octanol–water partition coefficient (Wildman–Crippen LogP) is 3.35. The number of alkyl halides is 5. The molecule has 0 spiro atoms. The highest BCUT2D eigenvalue weighted by Crippen LogP contribution is 2.42. The molecule has 0 aliphatic heterocycles. The van der Waals surface area contributed by atoms with Gasteiger partial charge in [-0.05, 0) is 24.3 Å². The van der Waals surface area contributed by atoms with Gasteiger partial charge in [0.15, 0.2) is 0 Å². The minimum absolute atomic E-state index is 0.459. The van der Waals surface area contributed by atoms with Crippen LogP contribution in [0.2, 0.25) is 0 Å². The Hall–Kier alpha value is -1.38. The summed E-state index contributed by atoms with van der Waals surface area (Å²) in [7, 11) is -5.88. The summed E-state index contributed by atoms with van der Waals surface area (Å²) in [6, 6.07) is 2.31. The summed E-state index contributed by atoms with van der Waals surface area (Å²) in [4.78, 5) is -1.22. The second-order valence-corrected chi connectivity index (χ2v) is 5.00. The molecule has 1 rings (SSSR count). The number of hydrogen-bond donors (Lipinski definition) is 1. The molecule has 0 bridgehead atoms. The Morgan fingerprint density at radius 3 is 1.63 bits per heavy atom. The topological polar surface area (TPSA) is 54.4 Å². The van der Waals surface area contributed by atoms with Gasteiger partial charge in [-0.3, -0.25) is 0 Å². The predicted molar refractivity (Wildman–Crippen MR) is 57.6 cm³/mol. The van der Waals surface area contributed by atoms with E-state index in [1.54, 1.807) is 0 Å². The number of benzene rings is 1. The summed E-state index contributed by atoms with van der Waals surface area (Å²) in [5.74, 6) is -0.459. The molecule has 3 nitrogen and oxygen atoms in total. The SMILES string of the molecule is CC.O=S(=O)(c1ccc(O)cc1)C(F)(F)C(F)(F)F. The van der Waals surface area contributed by atoms with Crippen LogP contribution in [-0.2, 0) is 9.84 Å². The van der Waals surface area contributed by atoms with E-state index in [2.05, 4.69) is 0 Å². The molecule has 0 aliphatic carbocycles. The van der Waals surface area contributed by atoms with Gasteiger partial charge >= 0.3 is 11.4 Å². The maximum Gasteiger partial charge on any atom is 0.469 e. The zero-order chi connectivity index (χ0) is 15.5. The van der Waals surface area contributed by atoms with Crippen LogP contribution in [0.15, 0.2) is 29.2 Å². The quantitative estimate of drug-likeness (QED) is 0.853. The van der Waals surface area contributed by atoms with E-state index in [1.165, 1.54) is 0 Å². The van der Waals surface area contributed by atoms with E-state index in [-0.39, 0.29) is 0 Å². The molecule has 9 heteroatoms. The Bertz CT molecular complexity index is 505. The standard InChI is InChI=1S/C8H5F5O3S.C2H6/c9-7(10,11)8(12,13)17(15,16)6-3-1-5(14)2-4-6;1-2/h1-4,14H;1-2H3. The van der Waals surface area contributed by atoms with Gasteiger partial charge in [0, 0.05) is 0 Å². The van der Waals surface area contributed by atoms with Crippen LogP contribution in [0.5, 0.6) is 5.75 Å².